The van der Waals surface area contributed by atoms with Crippen molar-refractivity contribution < 1.29 is 33.4 Å². The van der Waals surface area contributed by atoms with Crippen molar-refractivity contribution in [2.75, 3.05) is 7.11 Å². The minimum atomic E-state index is -1.57. The zero-order valence-electron chi connectivity index (χ0n) is 20.2. The maximum Gasteiger partial charge on any atom is 0.335 e. The van der Waals surface area contributed by atoms with Crippen molar-refractivity contribution in [3.05, 3.63) is 0 Å². The summed E-state index contributed by atoms with van der Waals surface area (Å²) >= 11 is 6.41. The number of carbonyl (C=O) groups excluding carboxylic acids is 4. The van der Waals surface area contributed by atoms with Crippen molar-refractivity contribution in [2.45, 2.75) is 134 Å². The normalized spacial score (nSPS) is 33.2. The zero-order valence-corrected chi connectivity index (χ0v) is 21.0. The summed E-state index contributed by atoms with van der Waals surface area (Å²) in [5.74, 6) is -1.71. The first-order chi connectivity index (χ1) is 15.2. The van der Waals surface area contributed by atoms with Crippen LogP contribution in [0.2, 0.25) is 0 Å². The van der Waals surface area contributed by atoms with Crippen LogP contribution in [0.1, 0.15) is 124 Å². The molecule has 0 aromatic carbocycles. The largest absolute Gasteiger partial charge is 0.469 e. The first kappa shape index (κ1) is 41.8. The topological polar surface area (TPSA) is 96.0 Å². The third-order valence-corrected chi connectivity index (χ3v) is 8.96. The molecule has 7 nitrogen and oxygen atoms in total. The minimum absolute atomic E-state index is 0. The molecule has 0 radical (unpaired) electrons. The third-order valence-electron chi connectivity index (χ3n) is 8.54. The number of carbonyl (C=O) groups is 4. The molecule has 1 saturated heterocycles. The molecule has 4 aliphatic carbocycles. The lowest BCUT2D eigenvalue weighted by Crippen LogP contribution is -2.54. The summed E-state index contributed by atoms with van der Waals surface area (Å²) in [6.07, 6.45) is 6.29. The quantitative estimate of drug-likeness (QED) is 0.131. The zero-order chi connectivity index (χ0) is 24.4. The van der Waals surface area contributed by atoms with Crippen LogP contribution in [0, 0.1) is 34.5 Å². The van der Waals surface area contributed by atoms with Crippen LogP contribution in [0.15, 0.2) is 0 Å². The predicted octanol–water partition coefficient (Wildman–Crippen LogP) is 8.00. The molecule has 0 N–H and O–H groups in total. The molecule has 39 heavy (non-hydrogen) atoms. The Morgan fingerprint density at radius 1 is 0.897 bits per heavy atom. The van der Waals surface area contributed by atoms with Crippen molar-refractivity contribution in [1.82, 2.24) is 0 Å². The molecule has 5 aliphatic rings. The molecule has 1 aliphatic heterocycles. The van der Waals surface area contributed by atoms with Crippen LogP contribution in [-0.4, -0.2) is 41.5 Å². The third kappa shape index (κ3) is 7.56. The van der Waals surface area contributed by atoms with E-state index in [9.17, 15) is 19.2 Å². The Hall–Kier alpha value is -1.63. The maximum atomic E-state index is 13.9. The fraction of sp³-hybridized carbons (Fsp3) is 0.871. The second-order valence-corrected chi connectivity index (χ2v) is 12.9. The van der Waals surface area contributed by atoms with Gasteiger partial charge in [-0.15, -0.1) is 11.6 Å². The van der Waals surface area contributed by atoms with E-state index in [0.29, 0.717) is 17.8 Å². The molecule has 0 amide bonds. The van der Waals surface area contributed by atoms with Crippen LogP contribution in [0.5, 0.6) is 0 Å². The van der Waals surface area contributed by atoms with Crippen LogP contribution < -0.4 is 0 Å². The SMILES string of the molecule is C.C.C.C.C.C.COC(=O)C(C)(C)CC(C)(CC1C(=O)OC(=O)C1(C)Cl)C(=O)OC12CC3CC(CC(C3)C1)C2. The Morgan fingerprint density at radius 2 is 1.33 bits per heavy atom. The average Bonchev–Trinajstić information content (AvgIpc) is 2.87. The molecule has 5 fully saturated rings. The molecule has 1 heterocycles. The van der Waals surface area contributed by atoms with Crippen molar-refractivity contribution in [1.29, 1.82) is 0 Å². The fourth-order valence-electron chi connectivity index (χ4n) is 7.38. The van der Waals surface area contributed by atoms with Gasteiger partial charge in [0.1, 0.15) is 5.60 Å². The molecule has 0 aromatic heterocycles. The van der Waals surface area contributed by atoms with E-state index in [1.807, 2.05) is 0 Å². The van der Waals surface area contributed by atoms with Gasteiger partial charge < -0.3 is 14.2 Å². The predicted molar refractivity (Wildman–Crippen MR) is 159 cm³/mol. The molecule has 3 atom stereocenters. The number of hydrogen-bond acceptors (Lipinski definition) is 7. The monoisotopic (exact) mass is 578 g/mol. The summed E-state index contributed by atoms with van der Waals surface area (Å²) in [4.78, 5) is 49.4. The number of methoxy groups -OCH3 is 1. The number of cyclic esters (lactones) is 2. The number of alkyl halides is 1. The van der Waals surface area contributed by atoms with E-state index < -0.39 is 51.1 Å². The van der Waals surface area contributed by atoms with Crippen molar-refractivity contribution in [3.63, 3.8) is 0 Å². The highest BCUT2D eigenvalue weighted by atomic mass is 35.5. The highest BCUT2D eigenvalue weighted by Crippen LogP contribution is 2.58. The standard InChI is InChI=1S/C25H35ClO7.6CH4/c1-22(2,19(28)31-5)13-23(3,12-17-18(27)32-21(30)24(17,4)26)20(29)33-25-9-14-6-15(10-25)8-16(7-14)11-25;;;;;;/h14-17H,6-13H2,1-5H3;6*1H4. The van der Waals surface area contributed by atoms with Gasteiger partial charge in [-0.3, -0.25) is 14.4 Å². The van der Waals surface area contributed by atoms with Gasteiger partial charge in [-0.25, -0.2) is 4.79 Å². The lowest BCUT2D eigenvalue weighted by atomic mass is 9.54. The van der Waals surface area contributed by atoms with E-state index in [-0.39, 0.29) is 57.4 Å². The van der Waals surface area contributed by atoms with Crippen LogP contribution in [0.25, 0.3) is 0 Å². The van der Waals surface area contributed by atoms with Gasteiger partial charge in [0.15, 0.2) is 4.87 Å². The Balaban J connectivity index is -0.00000216. The number of rotatable bonds is 7. The summed E-state index contributed by atoms with van der Waals surface area (Å²) in [5.41, 5.74) is -2.73. The van der Waals surface area contributed by atoms with E-state index in [2.05, 4.69) is 0 Å². The highest BCUT2D eigenvalue weighted by molar-refractivity contribution is 6.37. The van der Waals surface area contributed by atoms with Gasteiger partial charge in [-0.05, 0) is 96.8 Å². The van der Waals surface area contributed by atoms with Crippen LogP contribution in [-0.2, 0) is 33.4 Å². The van der Waals surface area contributed by atoms with E-state index in [4.69, 9.17) is 25.8 Å². The molecule has 232 valence electrons. The number of ether oxygens (including phenoxy) is 3. The Labute approximate surface area is 244 Å². The molecule has 3 unspecified atom stereocenters. The molecular weight excluding hydrogens is 520 g/mol. The lowest BCUT2D eigenvalue weighted by molar-refractivity contribution is -0.199. The second-order valence-electron chi connectivity index (χ2n) is 12.1. The van der Waals surface area contributed by atoms with Gasteiger partial charge >= 0.3 is 23.9 Å². The first-order valence-electron chi connectivity index (χ1n) is 12.0. The first-order valence-corrected chi connectivity index (χ1v) is 12.3. The summed E-state index contributed by atoms with van der Waals surface area (Å²) in [5, 5.41) is 0. The Morgan fingerprint density at radius 3 is 1.69 bits per heavy atom. The summed E-state index contributed by atoms with van der Waals surface area (Å²) in [6.45, 7) is 6.53. The molecule has 0 spiro atoms. The van der Waals surface area contributed by atoms with Crippen LogP contribution in [0.3, 0.4) is 0 Å². The van der Waals surface area contributed by atoms with Crippen molar-refractivity contribution in [2.24, 2.45) is 34.5 Å². The van der Waals surface area contributed by atoms with Gasteiger partial charge in [0.2, 0.25) is 0 Å². The van der Waals surface area contributed by atoms with E-state index in [1.54, 1.807) is 20.8 Å². The van der Waals surface area contributed by atoms with Crippen molar-refractivity contribution >= 4 is 35.5 Å². The van der Waals surface area contributed by atoms with E-state index in [1.165, 1.54) is 33.3 Å². The van der Waals surface area contributed by atoms with Gasteiger partial charge in [0.25, 0.3) is 0 Å². The van der Waals surface area contributed by atoms with Gasteiger partial charge in [-0.2, -0.15) is 0 Å². The Kier molecular flexibility index (Phi) is 14.8. The van der Waals surface area contributed by atoms with E-state index >= 15 is 0 Å². The van der Waals surface area contributed by atoms with Crippen LogP contribution >= 0.6 is 11.6 Å². The number of esters is 4. The van der Waals surface area contributed by atoms with Gasteiger partial charge in [0.05, 0.1) is 23.9 Å². The van der Waals surface area contributed by atoms with Gasteiger partial charge in [0, 0.05) is 0 Å². The molecule has 5 rings (SSSR count). The van der Waals surface area contributed by atoms with Gasteiger partial charge in [-0.1, -0.05) is 44.6 Å². The van der Waals surface area contributed by atoms with Crippen molar-refractivity contribution in [3.8, 4) is 0 Å². The summed E-state index contributed by atoms with van der Waals surface area (Å²) in [6, 6.07) is 0. The molecule has 4 saturated carbocycles. The van der Waals surface area contributed by atoms with Crippen LogP contribution in [0.4, 0.5) is 0 Å². The smallest absolute Gasteiger partial charge is 0.335 e. The number of hydrogen-bond donors (Lipinski definition) is 0. The minimum Gasteiger partial charge on any atom is -0.469 e. The highest BCUT2D eigenvalue weighted by Gasteiger charge is 2.59. The maximum absolute atomic E-state index is 13.9. The molecule has 4 bridgehead atoms. The summed E-state index contributed by atoms with van der Waals surface area (Å²) in [7, 11) is 1.30. The Bertz CT molecular complexity index is 843. The number of halogens is 1. The second kappa shape index (κ2) is 13.8. The lowest BCUT2D eigenvalue weighted by Gasteiger charge is -2.56. The fourth-order valence-corrected chi connectivity index (χ4v) is 7.58. The molecular formula is C31H59ClO7. The average molecular weight is 579 g/mol. The molecule has 8 heteroatoms. The molecule has 0 aromatic rings. The van der Waals surface area contributed by atoms with E-state index in [0.717, 1.165) is 19.3 Å². The summed E-state index contributed by atoms with van der Waals surface area (Å²) < 4.78 is 16.1.